The van der Waals surface area contributed by atoms with Crippen LogP contribution in [0.1, 0.15) is 127 Å². The van der Waals surface area contributed by atoms with Crippen molar-refractivity contribution >= 4 is 28.6 Å². The van der Waals surface area contributed by atoms with Crippen molar-refractivity contribution in [2.75, 3.05) is 19.7 Å². The lowest BCUT2D eigenvalue weighted by atomic mass is 9.91. The van der Waals surface area contributed by atoms with Gasteiger partial charge in [-0.1, -0.05) is 108 Å². The Morgan fingerprint density at radius 1 is 0.852 bits per heavy atom. The summed E-state index contributed by atoms with van der Waals surface area (Å²) in [4.78, 5) is 27.6. The highest BCUT2D eigenvalue weighted by molar-refractivity contribution is 6.30. The van der Waals surface area contributed by atoms with E-state index in [-0.39, 0.29) is 17.4 Å². The quantitative estimate of drug-likeness (QED) is 0.0449. The number of fused-ring (bicyclic) bond motifs is 1. The molecule has 10 heteroatoms. The van der Waals surface area contributed by atoms with E-state index in [4.69, 9.17) is 21.1 Å². The first-order chi connectivity index (χ1) is 26.2. The van der Waals surface area contributed by atoms with Gasteiger partial charge in [-0.15, -0.1) is 0 Å². The summed E-state index contributed by atoms with van der Waals surface area (Å²) in [5.41, 5.74) is 2.49. The summed E-state index contributed by atoms with van der Waals surface area (Å²) in [5.74, 6) is 1.10. The van der Waals surface area contributed by atoms with E-state index in [1.54, 1.807) is 12.1 Å². The van der Waals surface area contributed by atoms with Gasteiger partial charge in [-0.2, -0.15) is 0 Å². The minimum atomic E-state index is -0.749. The predicted molar refractivity (Wildman–Crippen MR) is 219 cm³/mol. The minimum Gasteiger partial charge on any atom is -0.506 e. The van der Waals surface area contributed by atoms with Crippen molar-refractivity contribution in [1.29, 1.82) is 0 Å². The number of carbonyl (C=O) groups excluding carboxylic acids is 1. The summed E-state index contributed by atoms with van der Waals surface area (Å²) in [6, 6.07) is 21.2. The fraction of sp³-hybridized carbons (Fsp3) is 0.500. The van der Waals surface area contributed by atoms with E-state index >= 15 is 0 Å². The number of aromatic nitrogens is 1. The highest BCUT2D eigenvalue weighted by Crippen LogP contribution is 2.30. The largest absolute Gasteiger partial charge is 0.506 e. The van der Waals surface area contributed by atoms with Crippen LogP contribution in [0.3, 0.4) is 0 Å². The van der Waals surface area contributed by atoms with Crippen LogP contribution < -0.4 is 20.9 Å². The molecule has 0 aliphatic heterocycles. The summed E-state index contributed by atoms with van der Waals surface area (Å²) in [7, 11) is 0. The Balaban J connectivity index is 1.16. The van der Waals surface area contributed by atoms with Crippen LogP contribution in [-0.4, -0.2) is 47.1 Å². The second kappa shape index (κ2) is 23.0. The third kappa shape index (κ3) is 13.4. The number of aromatic hydroxyl groups is 1. The van der Waals surface area contributed by atoms with Crippen LogP contribution in [0.5, 0.6) is 11.5 Å². The maximum atomic E-state index is 13.3. The number of nitrogens with one attached hydrogen (secondary N) is 3. The Labute approximate surface area is 325 Å². The minimum absolute atomic E-state index is 0.0130. The molecule has 0 radical (unpaired) electrons. The third-order valence-electron chi connectivity index (χ3n) is 10.0. The average molecular weight is 762 g/mol. The molecule has 1 amide bonds. The van der Waals surface area contributed by atoms with Gasteiger partial charge in [0.15, 0.2) is 0 Å². The molecule has 4 rings (SSSR count). The number of halogens is 1. The van der Waals surface area contributed by atoms with E-state index in [0.29, 0.717) is 40.6 Å². The number of H-pyrrole nitrogens is 1. The molecule has 4 aromatic rings. The highest BCUT2D eigenvalue weighted by atomic mass is 35.5. The molecule has 1 unspecified atom stereocenters. The summed E-state index contributed by atoms with van der Waals surface area (Å²) in [5, 5.41) is 28.5. The van der Waals surface area contributed by atoms with Crippen molar-refractivity contribution in [2.24, 2.45) is 5.92 Å². The SMILES string of the molecule is CCCC(CCC)[C@H](CC)OC(=O)NC(c1cccc(Cl)c1)c1cccc(OCCCCCCCCCNC[C@H](O)c2ccc(O)c3[nH]c(=O)ccc23)c1. The summed E-state index contributed by atoms with van der Waals surface area (Å²) < 4.78 is 12.2. The number of phenols is 1. The summed E-state index contributed by atoms with van der Waals surface area (Å²) in [6.45, 7) is 8.25. The maximum absolute atomic E-state index is 13.3. The summed E-state index contributed by atoms with van der Waals surface area (Å²) in [6.07, 6.45) is 11.3. The molecule has 3 aromatic carbocycles. The Bertz CT molecular complexity index is 1780. The fourth-order valence-corrected chi connectivity index (χ4v) is 7.41. The van der Waals surface area contributed by atoms with Gasteiger partial charge in [-0.3, -0.25) is 4.79 Å². The molecule has 0 saturated heterocycles. The molecule has 0 bridgehead atoms. The van der Waals surface area contributed by atoms with Crippen LogP contribution in [-0.2, 0) is 4.74 Å². The molecule has 0 spiro atoms. The number of pyridine rings is 1. The number of aromatic amines is 1. The zero-order chi connectivity index (χ0) is 38.7. The zero-order valence-corrected chi connectivity index (χ0v) is 33.0. The van der Waals surface area contributed by atoms with E-state index in [1.165, 1.54) is 12.1 Å². The van der Waals surface area contributed by atoms with E-state index < -0.39 is 18.2 Å². The number of hydrogen-bond acceptors (Lipinski definition) is 7. The number of carbonyl (C=O) groups is 1. The fourth-order valence-electron chi connectivity index (χ4n) is 7.21. The molecule has 0 fully saturated rings. The standard InChI is InChI=1S/C44H60ClN3O6/c1-4-16-31(17-5-2)40(6-3)54-44(52)48-42(32-18-14-20-34(45)28-32)33-19-15-21-35(29-33)53-27-13-11-9-7-8-10-12-26-46-30-39(50)36-22-24-38(49)43-37(36)23-25-41(51)47-43/h14-15,18-25,28-29,31,39-40,42,46,49-50H,4-13,16-17,26-27,30H2,1-3H3,(H,47,51)(H,48,52)/t39-,40-,42?/m0/s1. The monoisotopic (exact) mass is 761 g/mol. The third-order valence-corrected chi connectivity index (χ3v) is 10.2. The second-order valence-corrected chi connectivity index (χ2v) is 14.7. The van der Waals surface area contributed by atoms with Gasteiger partial charge in [0.1, 0.15) is 17.6 Å². The second-order valence-electron chi connectivity index (χ2n) is 14.2. The van der Waals surface area contributed by atoms with Gasteiger partial charge in [-0.25, -0.2) is 4.79 Å². The smallest absolute Gasteiger partial charge is 0.408 e. The molecule has 5 N–H and O–H groups in total. The van der Waals surface area contributed by atoms with Gasteiger partial charge in [-0.05, 0) is 97.7 Å². The van der Waals surface area contributed by atoms with Gasteiger partial charge < -0.3 is 35.3 Å². The Kier molecular flexibility index (Phi) is 18.2. The van der Waals surface area contributed by atoms with Gasteiger partial charge in [0.25, 0.3) is 0 Å². The summed E-state index contributed by atoms with van der Waals surface area (Å²) >= 11 is 6.38. The average Bonchev–Trinajstić information content (AvgIpc) is 3.16. The zero-order valence-electron chi connectivity index (χ0n) is 32.2. The first kappa shape index (κ1) is 42.7. The molecule has 294 valence electrons. The Hall–Kier alpha value is -4.05. The molecule has 1 heterocycles. The number of aliphatic hydroxyl groups excluding tert-OH is 1. The molecular formula is C44H60ClN3O6. The van der Waals surface area contributed by atoms with E-state index in [2.05, 4.69) is 36.4 Å². The van der Waals surface area contributed by atoms with Crippen LogP contribution in [0, 0.1) is 5.92 Å². The molecule has 54 heavy (non-hydrogen) atoms. The lowest BCUT2D eigenvalue weighted by Crippen LogP contribution is -2.35. The van der Waals surface area contributed by atoms with Crippen molar-refractivity contribution < 1.29 is 24.5 Å². The van der Waals surface area contributed by atoms with E-state index in [1.807, 2.05) is 48.5 Å². The highest BCUT2D eigenvalue weighted by Gasteiger charge is 2.25. The van der Waals surface area contributed by atoms with Crippen molar-refractivity contribution in [2.45, 2.75) is 116 Å². The number of rotatable bonds is 24. The molecule has 0 aliphatic rings. The topological polar surface area (TPSA) is 133 Å². The molecule has 1 aromatic heterocycles. The lowest BCUT2D eigenvalue weighted by molar-refractivity contribution is 0.0509. The lowest BCUT2D eigenvalue weighted by Gasteiger charge is -2.27. The first-order valence-corrected chi connectivity index (χ1v) is 20.3. The number of hydrogen-bond donors (Lipinski definition) is 5. The van der Waals surface area contributed by atoms with Crippen molar-refractivity contribution in [3.63, 3.8) is 0 Å². The van der Waals surface area contributed by atoms with Crippen LogP contribution in [0.25, 0.3) is 10.9 Å². The molecule has 9 nitrogen and oxygen atoms in total. The first-order valence-electron chi connectivity index (χ1n) is 19.9. The van der Waals surface area contributed by atoms with E-state index in [9.17, 15) is 19.8 Å². The maximum Gasteiger partial charge on any atom is 0.408 e. The molecular weight excluding hydrogens is 702 g/mol. The Morgan fingerprint density at radius 3 is 2.24 bits per heavy atom. The molecule has 0 saturated carbocycles. The number of aliphatic hydroxyl groups is 1. The Morgan fingerprint density at radius 2 is 1.54 bits per heavy atom. The van der Waals surface area contributed by atoms with Crippen molar-refractivity contribution in [3.05, 3.63) is 105 Å². The van der Waals surface area contributed by atoms with Gasteiger partial charge in [0.2, 0.25) is 5.56 Å². The van der Waals surface area contributed by atoms with Crippen molar-refractivity contribution in [3.8, 4) is 11.5 Å². The van der Waals surface area contributed by atoms with E-state index in [0.717, 1.165) is 100 Å². The van der Waals surface area contributed by atoms with Gasteiger partial charge in [0.05, 0.1) is 24.3 Å². The van der Waals surface area contributed by atoms with Gasteiger partial charge >= 0.3 is 6.09 Å². The van der Waals surface area contributed by atoms with Gasteiger partial charge in [0, 0.05) is 23.0 Å². The van der Waals surface area contributed by atoms with Crippen LogP contribution >= 0.6 is 11.6 Å². The number of unbranched alkanes of at least 4 members (excludes halogenated alkanes) is 6. The number of alkyl carbamates (subject to hydrolysis) is 1. The van der Waals surface area contributed by atoms with Crippen LogP contribution in [0.15, 0.2) is 77.6 Å². The van der Waals surface area contributed by atoms with Crippen LogP contribution in [0.2, 0.25) is 5.02 Å². The number of amides is 1. The number of phenolic OH excluding ortho intramolecular Hbond substituents is 1. The van der Waals surface area contributed by atoms with Crippen molar-refractivity contribution in [1.82, 2.24) is 15.6 Å². The number of ether oxygens (including phenoxy) is 2. The van der Waals surface area contributed by atoms with Crippen LogP contribution in [0.4, 0.5) is 4.79 Å². The predicted octanol–water partition coefficient (Wildman–Crippen LogP) is 10.1. The normalized spacial score (nSPS) is 13.1. The molecule has 3 atom stereocenters. The molecule has 0 aliphatic carbocycles. The number of benzene rings is 3.